The summed E-state index contributed by atoms with van der Waals surface area (Å²) in [6.45, 7) is 8.92. The van der Waals surface area contributed by atoms with E-state index in [0.29, 0.717) is 6.54 Å². The molecule has 0 amide bonds. The Morgan fingerprint density at radius 1 is 1.17 bits per heavy atom. The number of hydrogen-bond acceptors (Lipinski definition) is 5. The zero-order valence-corrected chi connectivity index (χ0v) is 14.6. The van der Waals surface area contributed by atoms with Gasteiger partial charge in [0.15, 0.2) is 0 Å². The summed E-state index contributed by atoms with van der Waals surface area (Å²) < 4.78 is 0. The van der Waals surface area contributed by atoms with Crippen molar-refractivity contribution in [3.63, 3.8) is 0 Å². The van der Waals surface area contributed by atoms with E-state index in [-0.39, 0.29) is 23.5 Å². The van der Waals surface area contributed by atoms with Crippen molar-refractivity contribution in [1.29, 1.82) is 0 Å². The molecule has 1 aliphatic carbocycles. The Balaban J connectivity index is 0.000000585. The van der Waals surface area contributed by atoms with E-state index in [2.05, 4.69) is 30.8 Å². The highest BCUT2D eigenvalue weighted by molar-refractivity contribution is 5.34. The van der Waals surface area contributed by atoms with Gasteiger partial charge in [-0.25, -0.2) is 19.6 Å². The minimum Gasteiger partial charge on any atom is -0.392 e. The van der Waals surface area contributed by atoms with E-state index < -0.39 is 0 Å². The number of hydrogen-bond donors (Lipinski definition) is 1. The van der Waals surface area contributed by atoms with Gasteiger partial charge in [0.1, 0.15) is 0 Å². The fourth-order valence-corrected chi connectivity index (χ4v) is 3.34. The second-order valence-electron chi connectivity index (χ2n) is 6.98. The maximum absolute atomic E-state index is 10.3. The molecule has 1 aliphatic rings. The molecule has 0 aliphatic heterocycles. The fraction of sp³-hybridized carbons (Fsp3) is 0.667. The van der Waals surface area contributed by atoms with Crippen LogP contribution in [0, 0.1) is 10.8 Å². The van der Waals surface area contributed by atoms with E-state index in [9.17, 15) is 9.59 Å². The molecule has 5 nitrogen and oxygen atoms in total. The van der Waals surface area contributed by atoms with Crippen LogP contribution in [0.5, 0.6) is 0 Å². The van der Waals surface area contributed by atoms with Gasteiger partial charge in [0, 0.05) is 0 Å². The number of nitrogens with zero attached hydrogens (tertiary/aromatic N) is 2. The van der Waals surface area contributed by atoms with Crippen LogP contribution >= 0.6 is 0 Å². The normalized spacial score (nSPS) is 26.0. The summed E-state index contributed by atoms with van der Waals surface area (Å²) in [5.41, 5.74) is 0.0561. The van der Waals surface area contributed by atoms with E-state index in [1.165, 1.54) is 0 Å². The van der Waals surface area contributed by atoms with Crippen molar-refractivity contribution in [1.82, 2.24) is 0 Å². The third kappa shape index (κ3) is 9.75. The molecule has 0 aromatic heterocycles. The molecule has 0 radical (unpaired) electrons. The van der Waals surface area contributed by atoms with Crippen molar-refractivity contribution in [2.75, 3.05) is 13.2 Å². The van der Waals surface area contributed by atoms with Crippen molar-refractivity contribution < 1.29 is 14.7 Å². The van der Waals surface area contributed by atoms with Gasteiger partial charge in [-0.3, -0.25) is 0 Å². The molecule has 1 rings (SSSR count). The zero-order chi connectivity index (χ0) is 17.8. The van der Waals surface area contributed by atoms with Gasteiger partial charge >= 0.3 is 0 Å². The number of isocyanates is 2. The number of aliphatic imine (C=N–C) groups is 2. The fourth-order valence-electron chi connectivity index (χ4n) is 3.34. The van der Waals surface area contributed by atoms with E-state index in [1.54, 1.807) is 24.3 Å². The van der Waals surface area contributed by atoms with Gasteiger partial charge in [-0.15, -0.1) is 0 Å². The van der Waals surface area contributed by atoms with Crippen molar-refractivity contribution in [3.8, 4) is 0 Å². The largest absolute Gasteiger partial charge is 0.392 e. The van der Waals surface area contributed by atoms with Crippen LogP contribution in [0.2, 0.25) is 0 Å². The van der Waals surface area contributed by atoms with Gasteiger partial charge in [-0.1, -0.05) is 45.1 Å². The Labute approximate surface area is 138 Å². The minimum atomic E-state index is -0.0653. The van der Waals surface area contributed by atoms with Crippen LogP contribution in [-0.4, -0.2) is 36.5 Å². The molecular formula is C18H28N2O3. The van der Waals surface area contributed by atoms with Crippen LogP contribution in [0.15, 0.2) is 34.3 Å². The van der Waals surface area contributed by atoms with Crippen LogP contribution < -0.4 is 0 Å². The lowest BCUT2D eigenvalue weighted by atomic mass is 9.63. The standard InChI is InChI=1S/C12H18N2O2.C6H10O/c1-11(2)4-10(14-9-16)5-12(3,6-11)7-13-8-15;1-2-3-4-5-6-7/h10H,4-7H2,1-3H3;2-5,7H,6H2,1H3/b;3-2+,5-4+. The third-order valence-corrected chi connectivity index (χ3v) is 3.73. The molecule has 1 N–H and O–H groups in total. The zero-order valence-electron chi connectivity index (χ0n) is 14.6. The van der Waals surface area contributed by atoms with Crippen LogP contribution in [0.3, 0.4) is 0 Å². The number of aliphatic hydroxyl groups is 1. The molecule has 0 heterocycles. The van der Waals surface area contributed by atoms with Gasteiger partial charge in [0.2, 0.25) is 12.2 Å². The first-order valence-corrected chi connectivity index (χ1v) is 7.82. The Bertz CT molecular complexity index is 498. The van der Waals surface area contributed by atoms with Gasteiger partial charge in [-0.2, -0.15) is 0 Å². The quantitative estimate of drug-likeness (QED) is 0.479. The predicted octanol–water partition coefficient (Wildman–Crippen LogP) is 3.35. The first kappa shape index (κ1) is 21.2. The highest BCUT2D eigenvalue weighted by atomic mass is 16.2. The van der Waals surface area contributed by atoms with Crippen LogP contribution in [0.1, 0.15) is 47.0 Å². The molecule has 128 valence electrons. The summed E-state index contributed by atoms with van der Waals surface area (Å²) in [5, 5.41) is 8.17. The Morgan fingerprint density at radius 2 is 1.87 bits per heavy atom. The number of rotatable bonds is 5. The average molecular weight is 320 g/mol. The first-order valence-electron chi connectivity index (χ1n) is 7.82. The van der Waals surface area contributed by atoms with E-state index >= 15 is 0 Å². The number of carbonyl (C=O) groups excluding carboxylic acids is 2. The van der Waals surface area contributed by atoms with E-state index in [0.717, 1.165) is 19.3 Å². The van der Waals surface area contributed by atoms with Gasteiger partial charge < -0.3 is 5.11 Å². The van der Waals surface area contributed by atoms with Crippen LogP contribution in [0.25, 0.3) is 0 Å². The van der Waals surface area contributed by atoms with E-state index in [1.807, 2.05) is 19.1 Å². The van der Waals surface area contributed by atoms with Crippen molar-refractivity contribution in [2.45, 2.75) is 53.0 Å². The lowest BCUT2D eigenvalue weighted by Crippen LogP contribution is -2.39. The molecule has 1 saturated carbocycles. The minimum absolute atomic E-state index is 0.00750. The lowest BCUT2D eigenvalue weighted by molar-refractivity contribution is 0.0915. The Kier molecular flexibility index (Phi) is 10.00. The molecule has 2 unspecified atom stereocenters. The summed E-state index contributed by atoms with van der Waals surface area (Å²) in [4.78, 5) is 28.0. The Morgan fingerprint density at radius 3 is 2.39 bits per heavy atom. The lowest BCUT2D eigenvalue weighted by Gasteiger charge is -2.44. The summed E-state index contributed by atoms with van der Waals surface area (Å²) in [5.74, 6) is 0. The smallest absolute Gasteiger partial charge is 0.235 e. The third-order valence-electron chi connectivity index (χ3n) is 3.73. The molecule has 0 aromatic rings. The molecular weight excluding hydrogens is 292 g/mol. The maximum Gasteiger partial charge on any atom is 0.235 e. The monoisotopic (exact) mass is 320 g/mol. The molecule has 0 bridgehead atoms. The second-order valence-corrected chi connectivity index (χ2v) is 6.98. The molecule has 1 fully saturated rings. The summed E-state index contributed by atoms with van der Waals surface area (Å²) >= 11 is 0. The Hall–Kier alpha value is -1.80. The summed E-state index contributed by atoms with van der Waals surface area (Å²) in [6.07, 6.45) is 13.1. The summed E-state index contributed by atoms with van der Waals surface area (Å²) in [7, 11) is 0. The number of aliphatic hydroxyl groups excluding tert-OH is 1. The van der Waals surface area contributed by atoms with Crippen molar-refractivity contribution in [2.24, 2.45) is 20.8 Å². The van der Waals surface area contributed by atoms with Crippen LogP contribution in [0.4, 0.5) is 0 Å². The summed E-state index contributed by atoms with van der Waals surface area (Å²) in [6, 6.07) is 0.00750. The highest BCUT2D eigenvalue weighted by Crippen LogP contribution is 2.47. The van der Waals surface area contributed by atoms with Crippen LogP contribution in [-0.2, 0) is 9.59 Å². The average Bonchev–Trinajstić information content (AvgIpc) is 2.45. The maximum atomic E-state index is 10.3. The topological polar surface area (TPSA) is 79.1 Å². The van der Waals surface area contributed by atoms with Gasteiger partial charge in [0.05, 0.1) is 19.2 Å². The highest BCUT2D eigenvalue weighted by Gasteiger charge is 2.41. The second kappa shape index (κ2) is 10.8. The molecule has 0 saturated heterocycles. The molecule has 5 heteroatoms. The van der Waals surface area contributed by atoms with Crippen molar-refractivity contribution >= 4 is 12.2 Å². The first-order chi connectivity index (χ1) is 10.8. The van der Waals surface area contributed by atoms with Gasteiger partial charge in [-0.05, 0) is 37.0 Å². The van der Waals surface area contributed by atoms with Gasteiger partial charge in [0.25, 0.3) is 0 Å². The molecule has 0 aromatic carbocycles. The SMILES string of the molecule is C/C=C/C=C/CO.CC1(C)CC(N=C=O)CC(C)(CN=C=O)C1. The molecule has 23 heavy (non-hydrogen) atoms. The molecule has 0 spiro atoms. The molecule has 2 atom stereocenters. The number of allylic oxidation sites excluding steroid dienone is 3. The predicted molar refractivity (Wildman–Crippen MR) is 91.7 cm³/mol. The van der Waals surface area contributed by atoms with E-state index in [4.69, 9.17) is 5.11 Å². The van der Waals surface area contributed by atoms with Crippen molar-refractivity contribution in [3.05, 3.63) is 24.3 Å².